The van der Waals surface area contributed by atoms with Gasteiger partial charge < -0.3 is 4.42 Å². The first-order chi connectivity index (χ1) is 9.60. The van der Waals surface area contributed by atoms with E-state index >= 15 is 0 Å². The van der Waals surface area contributed by atoms with Crippen molar-refractivity contribution >= 4 is 5.91 Å². The van der Waals surface area contributed by atoms with Crippen LogP contribution in [0.2, 0.25) is 0 Å². The quantitative estimate of drug-likeness (QED) is 0.486. The van der Waals surface area contributed by atoms with Crippen LogP contribution >= 0.6 is 0 Å². The highest BCUT2D eigenvalue weighted by molar-refractivity contribution is 5.92. The fraction of sp³-hybridized carbons (Fsp3) is 0.286. The molecule has 0 aliphatic heterocycles. The van der Waals surface area contributed by atoms with Gasteiger partial charge in [-0.05, 0) is 37.7 Å². The summed E-state index contributed by atoms with van der Waals surface area (Å²) in [4.78, 5) is 17.6. The molecule has 0 unspecified atom stereocenters. The zero-order valence-corrected chi connectivity index (χ0v) is 11.6. The second-order valence-corrected chi connectivity index (χ2v) is 4.73. The van der Waals surface area contributed by atoms with E-state index < -0.39 is 5.91 Å². The van der Waals surface area contributed by atoms with Crippen molar-refractivity contribution in [3.63, 3.8) is 0 Å². The van der Waals surface area contributed by atoms with Crippen LogP contribution in [0.1, 0.15) is 27.4 Å². The summed E-state index contributed by atoms with van der Waals surface area (Å²) in [5, 5.41) is 0. The highest BCUT2D eigenvalue weighted by Crippen LogP contribution is 2.16. The van der Waals surface area contributed by atoms with Crippen molar-refractivity contribution in [2.24, 2.45) is 5.84 Å². The van der Waals surface area contributed by atoms with Gasteiger partial charge in [0.25, 0.3) is 0 Å². The molecular weight excluding hydrogens is 256 g/mol. The molecule has 2 heterocycles. The summed E-state index contributed by atoms with van der Waals surface area (Å²) in [6.45, 7) is 3.21. The number of hydrogen-bond donors (Lipinski definition) is 2. The van der Waals surface area contributed by atoms with Crippen molar-refractivity contribution < 1.29 is 9.21 Å². The molecular formula is C14H18N4O2. The van der Waals surface area contributed by atoms with E-state index in [1.54, 1.807) is 12.4 Å². The van der Waals surface area contributed by atoms with Gasteiger partial charge >= 0.3 is 5.91 Å². The fourth-order valence-electron chi connectivity index (χ4n) is 2.04. The van der Waals surface area contributed by atoms with Crippen LogP contribution in [0.4, 0.5) is 0 Å². The maximum Gasteiger partial charge on any atom is 0.301 e. The summed E-state index contributed by atoms with van der Waals surface area (Å²) in [6.07, 6.45) is 3.54. The SMILES string of the molecule is Cc1cc(CN(C)Cc2ccncc2)oc1C(=O)NN. The Hall–Kier alpha value is -2.18. The molecule has 6 heteroatoms. The van der Waals surface area contributed by atoms with E-state index in [0.717, 1.165) is 17.9 Å². The minimum absolute atomic E-state index is 0.264. The molecule has 0 atom stereocenters. The van der Waals surface area contributed by atoms with Crippen molar-refractivity contribution in [3.05, 3.63) is 53.2 Å². The zero-order chi connectivity index (χ0) is 14.5. The summed E-state index contributed by atoms with van der Waals surface area (Å²) in [5.74, 6) is 5.70. The van der Waals surface area contributed by atoms with Crippen molar-refractivity contribution in [2.45, 2.75) is 20.0 Å². The molecule has 20 heavy (non-hydrogen) atoms. The Morgan fingerprint density at radius 3 is 2.75 bits per heavy atom. The van der Waals surface area contributed by atoms with E-state index in [1.807, 2.05) is 32.2 Å². The topological polar surface area (TPSA) is 84.4 Å². The number of nitrogens with one attached hydrogen (secondary N) is 1. The van der Waals surface area contributed by atoms with Gasteiger partial charge in [-0.2, -0.15) is 0 Å². The Labute approximate surface area is 117 Å². The number of nitrogens with two attached hydrogens (primary N) is 1. The molecule has 0 aliphatic carbocycles. The smallest absolute Gasteiger partial charge is 0.301 e. The summed E-state index contributed by atoms with van der Waals surface area (Å²) in [6, 6.07) is 5.79. The van der Waals surface area contributed by atoms with Gasteiger partial charge in [0.05, 0.1) is 6.54 Å². The lowest BCUT2D eigenvalue weighted by atomic mass is 10.2. The Morgan fingerprint density at radius 2 is 2.10 bits per heavy atom. The summed E-state index contributed by atoms with van der Waals surface area (Å²) in [5.41, 5.74) is 4.03. The lowest BCUT2D eigenvalue weighted by molar-refractivity contribution is 0.0921. The fourth-order valence-corrected chi connectivity index (χ4v) is 2.04. The maximum absolute atomic E-state index is 11.5. The predicted octanol–water partition coefficient (Wildman–Crippen LogP) is 1.22. The van der Waals surface area contributed by atoms with Crippen LogP contribution in [0.25, 0.3) is 0 Å². The average molecular weight is 274 g/mol. The van der Waals surface area contributed by atoms with Crippen molar-refractivity contribution in [2.75, 3.05) is 7.05 Å². The number of aryl methyl sites for hydroxylation is 1. The third-order valence-electron chi connectivity index (χ3n) is 2.93. The van der Waals surface area contributed by atoms with Crippen molar-refractivity contribution in [1.29, 1.82) is 0 Å². The van der Waals surface area contributed by atoms with Crippen LogP contribution in [-0.4, -0.2) is 22.8 Å². The Balaban J connectivity index is 2.01. The first kappa shape index (κ1) is 14.2. The molecule has 2 rings (SSSR count). The molecule has 0 spiro atoms. The molecule has 0 saturated heterocycles. The lowest BCUT2D eigenvalue weighted by Gasteiger charge is -2.14. The number of nitrogens with zero attached hydrogens (tertiary/aromatic N) is 2. The van der Waals surface area contributed by atoms with E-state index in [-0.39, 0.29) is 5.76 Å². The van der Waals surface area contributed by atoms with Gasteiger partial charge in [-0.3, -0.25) is 20.1 Å². The summed E-state index contributed by atoms with van der Waals surface area (Å²) in [7, 11) is 1.99. The molecule has 0 aromatic carbocycles. The lowest BCUT2D eigenvalue weighted by Crippen LogP contribution is -2.30. The molecule has 0 fully saturated rings. The molecule has 0 aliphatic rings. The van der Waals surface area contributed by atoms with Crippen LogP contribution in [0.3, 0.4) is 0 Å². The van der Waals surface area contributed by atoms with Crippen molar-refractivity contribution in [3.8, 4) is 0 Å². The molecule has 1 amide bonds. The molecule has 2 aromatic heterocycles. The predicted molar refractivity (Wildman–Crippen MR) is 74.5 cm³/mol. The molecule has 3 N–H and O–H groups in total. The highest BCUT2D eigenvalue weighted by Gasteiger charge is 2.15. The number of hydrogen-bond acceptors (Lipinski definition) is 5. The van der Waals surface area contributed by atoms with E-state index in [1.165, 1.54) is 5.56 Å². The Morgan fingerprint density at radius 1 is 1.40 bits per heavy atom. The molecule has 0 radical (unpaired) electrons. The number of hydrazine groups is 1. The van der Waals surface area contributed by atoms with Gasteiger partial charge in [0, 0.05) is 24.5 Å². The second kappa shape index (κ2) is 6.31. The molecule has 0 bridgehead atoms. The molecule has 6 nitrogen and oxygen atoms in total. The largest absolute Gasteiger partial charge is 0.454 e. The first-order valence-electron chi connectivity index (χ1n) is 6.28. The minimum Gasteiger partial charge on any atom is -0.454 e. The summed E-state index contributed by atoms with van der Waals surface area (Å²) < 4.78 is 5.53. The standard InChI is InChI=1S/C14H18N4O2/c1-10-7-12(20-13(10)14(19)17-15)9-18(2)8-11-3-5-16-6-4-11/h3-7H,8-9,15H2,1-2H3,(H,17,19). The zero-order valence-electron chi connectivity index (χ0n) is 11.6. The van der Waals surface area contributed by atoms with E-state index in [2.05, 4.69) is 15.3 Å². The average Bonchev–Trinajstić information content (AvgIpc) is 2.79. The molecule has 2 aromatic rings. The van der Waals surface area contributed by atoms with Crippen LogP contribution < -0.4 is 11.3 Å². The number of amides is 1. The van der Waals surface area contributed by atoms with Crippen LogP contribution in [0.15, 0.2) is 35.0 Å². The summed E-state index contributed by atoms with van der Waals surface area (Å²) >= 11 is 0. The number of nitrogen functional groups attached to an aromatic ring is 1. The third kappa shape index (κ3) is 3.43. The van der Waals surface area contributed by atoms with Crippen molar-refractivity contribution in [1.82, 2.24) is 15.3 Å². The number of carbonyl (C=O) groups is 1. The Kier molecular flexibility index (Phi) is 4.49. The number of furan rings is 1. The van der Waals surface area contributed by atoms with Gasteiger partial charge in [0.1, 0.15) is 5.76 Å². The monoisotopic (exact) mass is 274 g/mol. The van der Waals surface area contributed by atoms with Crippen LogP contribution in [0, 0.1) is 6.92 Å². The van der Waals surface area contributed by atoms with E-state index in [9.17, 15) is 4.79 Å². The number of rotatable bonds is 5. The number of carbonyl (C=O) groups excluding carboxylic acids is 1. The Bertz CT molecular complexity index is 580. The van der Waals surface area contributed by atoms with Crippen LogP contribution in [0.5, 0.6) is 0 Å². The second-order valence-electron chi connectivity index (χ2n) is 4.73. The minimum atomic E-state index is -0.412. The first-order valence-corrected chi connectivity index (χ1v) is 6.28. The van der Waals surface area contributed by atoms with Crippen LogP contribution in [-0.2, 0) is 13.1 Å². The molecule has 106 valence electrons. The van der Waals surface area contributed by atoms with E-state index in [4.69, 9.17) is 10.3 Å². The normalized spacial score (nSPS) is 10.8. The van der Waals surface area contributed by atoms with E-state index in [0.29, 0.717) is 6.54 Å². The maximum atomic E-state index is 11.5. The van der Waals surface area contributed by atoms with Gasteiger partial charge in [0.15, 0.2) is 5.76 Å². The third-order valence-corrected chi connectivity index (χ3v) is 2.93. The highest BCUT2D eigenvalue weighted by atomic mass is 16.4. The van der Waals surface area contributed by atoms with Gasteiger partial charge in [-0.1, -0.05) is 0 Å². The number of pyridine rings is 1. The van der Waals surface area contributed by atoms with Gasteiger partial charge in [0.2, 0.25) is 0 Å². The number of aromatic nitrogens is 1. The van der Waals surface area contributed by atoms with Gasteiger partial charge in [-0.15, -0.1) is 0 Å². The molecule has 0 saturated carbocycles. The van der Waals surface area contributed by atoms with Gasteiger partial charge in [-0.25, -0.2) is 5.84 Å².